The molecule has 1 atom stereocenters. The first-order chi connectivity index (χ1) is 10.9. The summed E-state index contributed by atoms with van der Waals surface area (Å²) in [6.07, 6.45) is 11.2. The van der Waals surface area contributed by atoms with E-state index in [1.165, 1.54) is 43.6 Å². The highest BCUT2D eigenvalue weighted by atomic mass is 15.2. The van der Waals surface area contributed by atoms with Gasteiger partial charge in [-0.1, -0.05) is 18.6 Å². The number of hydrogen-bond acceptors (Lipinski definition) is 3. The number of aromatic nitrogens is 2. The second kappa shape index (κ2) is 8.04. The van der Waals surface area contributed by atoms with Gasteiger partial charge in [0.05, 0.1) is 0 Å². The quantitative estimate of drug-likeness (QED) is 0.816. The maximum atomic E-state index is 4.45. The standard InChI is InChI=1S/C19H25N3/c1-4-13-20-17(7-1)10-11-19-9-3-6-15-22(19)16-12-18-8-2-5-14-21-18/h1-2,4-5,7-8,13-14,19H,3,6,9-12,15-16H2/t19-/m1/s1. The summed E-state index contributed by atoms with van der Waals surface area (Å²) in [6.45, 7) is 2.36. The predicted octanol–water partition coefficient (Wildman–Crippen LogP) is 3.51. The van der Waals surface area contributed by atoms with Gasteiger partial charge in [-0.25, -0.2) is 0 Å². The summed E-state index contributed by atoms with van der Waals surface area (Å²) in [5, 5.41) is 0. The number of piperidine rings is 1. The molecule has 0 aromatic carbocycles. The second-order valence-corrected chi connectivity index (χ2v) is 6.12. The van der Waals surface area contributed by atoms with Crippen molar-refractivity contribution in [2.75, 3.05) is 13.1 Å². The molecule has 0 radical (unpaired) electrons. The lowest BCUT2D eigenvalue weighted by Gasteiger charge is -2.35. The summed E-state index contributed by atoms with van der Waals surface area (Å²) in [6, 6.07) is 13.1. The van der Waals surface area contributed by atoms with Crippen molar-refractivity contribution < 1.29 is 0 Å². The van der Waals surface area contributed by atoms with Gasteiger partial charge in [-0.15, -0.1) is 0 Å². The lowest BCUT2D eigenvalue weighted by Crippen LogP contribution is -2.41. The molecule has 0 bridgehead atoms. The number of aryl methyl sites for hydroxylation is 1. The van der Waals surface area contributed by atoms with Crippen LogP contribution in [0.5, 0.6) is 0 Å². The Bertz CT molecular complexity index is 490. The lowest BCUT2D eigenvalue weighted by atomic mass is 9.96. The molecule has 1 saturated heterocycles. The zero-order valence-electron chi connectivity index (χ0n) is 13.2. The van der Waals surface area contributed by atoms with Crippen LogP contribution in [0.3, 0.4) is 0 Å². The van der Waals surface area contributed by atoms with E-state index in [1.54, 1.807) is 0 Å². The van der Waals surface area contributed by atoms with E-state index in [0.717, 1.165) is 19.4 Å². The van der Waals surface area contributed by atoms with E-state index < -0.39 is 0 Å². The van der Waals surface area contributed by atoms with Gasteiger partial charge < -0.3 is 0 Å². The first kappa shape index (κ1) is 15.2. The Labute approximate surface area is 133 Å². The number of pyridine rings is 2. The first-order valence-corrected chi connectivity index (χ1v) is 8.46. The second-order valence-electron chi connectivity index (χ2n) is 6.12. The van der Waals surface area contributed by atoms with Crippen molar-refractivity contribution in [1.29, 1.82) is 0 Å². The van der Waals surface area contributed by atoms with Crippen molar-refractivity contribution in [3.8, 4) is 0 Å². The van der Waals surface area contributed by atoms with Gasteiger partial charge in [-0.05, 0) is 56.5 Å². The van der Waals surface area contributed by atoms with E-state index in [2.05, 4.69) is 39.1 Å². The van der Waals surface area contributed by atoms with Crippen LogP contribution in [0.1, 0.15) is 37.1 Å². The van der Waals surface area contributed by atoms with Crippen molar-refractivity contribution in [2.24, 2.45) is 0 Å². The van der Waals surface area contributed by atoms with Gasteiger partial charge in [0.2, 0.25) is 0 Å². The maximum absolute atomic E-state index is 4.45. The summed E-state index contributed by atoms with van der Waals surface area (Å²) in [4.78, 5) is 11.6. The third-order valence-electron chi connectivity index (χ3n) is 4.59. The molecule has 0 N–H and O–H groups in total. The van der Waals surface area contributed by atoms with Crippen LogP contribution in [0, 0.1) is 0 Å². The molecule has 0 amide bonds. The van der Waals surface area contributed by atoms with Gasteiger partial charge in [-0.2, -0.15) is 0 Å². The molecule has 1 fully saturated rings. The van der Waals surface area contributed by atoms with Crippen LogP contribution < -0.4 is 0 Å². The Morgan fingerprint density at radius 2 is 1.64 bits per heavy atom. The Kier molecular flexibility index (Phi) is 5.54. The maximum Gasteiger partial charge on any atom is 0.0416 e. The van der Waals surface area contributed by atoms with Crippen LogP contribution in [0.4, 0.5) is 0 Å². The zero-order valence-corrected chi connectivity index (χ0v) is 13.2. The molecular formula is C19H25N3. The number of hydrogen-bond donors (Lipinski definition) is 0. The topological polar surface area (TPSA) is 29.0 Å². The van der Waals surface area contributed by atoms with Gasteiger partial charge in [0.25, 0.3) is 0 Å². The van der Waals surface area contributed by atoms with E-state index in [1.807, 2.05) is 24.5 Å². The molecular weight excluding hydrogens is 270 g/mol. The molecule has 0 unspecified atom stereocenters. The monoisotopic (exact) mass is 295 g/mol. The van der Waals surface area contributed by atoms with E-state index in [0.29, 0.717) is 6.04 Å². The molecule has 0 spiro atoms. The average Bonchev–Trinajstić information content (AvgIpc) is 2.61. The minimum absolute atomic E-state index is 0.708. The summed E-state index contributed by atoms with van der Waals surface area (Å²) in [5.74, 6) is 0. The fourth-order valence-corrected chi connectivity index (χ4v) is 3.35. The Morgan fingerprint density at radius 3 is 2.32 bits per heavy atom. The molecule has 0 aliphatic carbocycles. The largest absolute Gasteiger partial charge is 0.300 e. The first-order valence-electron chi connectivity index (χ1n) is 8.46. The summed E-state index contributed by atoms with van der Waals surface area (Å²) >= 11 is 0. The SMILES string of the molecule is c1ccc(CC[C@H]2CCCCN2CCc2ccccn2)nc1. The normalized spacial score (nSPS) is 19.2. The van der Waals surface area contributed by atoms with Crippen molar-refractivity contribution in [2.45, 2.75) is 44.6 Å². The number of rotatable bonds is 6. The van der Waals surface area contributed by atoms with Crippen LogP contribution in [0.25, 0.3) is 0 Å². The average molecular weight is 295 g/mol. The zero-order chi connectivity index (χ0) is 15.0. The van der Waals surface area contributed by atoms with Crippen molar-refractivity contribution in [1.82, 2.24) is 14.9 Å². The van der Waals surface area contributed by atoms with Crippen LogP contribution in [-0.4, -0.2) is 34.0 Å². The van der Waals surface area contributed by atoms with Crippen LogP contribution in [0.15, 0.2) is 48.8 Å². The van der Waals surface area contributed by atoms with Crippen LogP contribution in [0.2, 0.25) is 0 Å². The fraction of sp³-hybridized carbons (Fsp3) is 0.474. The minimum atomic E-state index is 0.708. The third kappa shape index (κ3) is 4.38. The molecule has 2 aromatic rings. The van der Waals surface area contributed by atoms with Crippen LogP contribution in [-0.2, 0) is 12.8 Å². The Morgan fingerprint density at radius 1 is 0.909 bits per heavy atom. The Hall–Kier alpha value is -1.74. The van der Waals surface area contributed by atoms with Gasteiger partial charge in [0.15, 0.2) is 0 Å². The molecule has 3 rings (SSSR count). The van der Waals surface area contributed by atoms with Gasteiger partial charge in [0.1, 0.15) is 0 Å². The van der Waals surface area contributed by atoms with Crippen molar-refractivity contribution in [3.63, 3.8) is 0 Å². The van der Waals surface area contributed by atoms with Crippen molar-refractivity contribution in [3.05, 3.63) is 60.2 Å². The molecule has 3 nitrogen and oxygen atoms in total. The molecule has 3 heterocycles. The third-order valence-corrected chi connectivity index (χ3v) is 4.59. The number of likely N-dealkylation sites (tertiary alicyclic amines) is 1. The molecule has 22 heavy (non-hydrogen) atoms. The predicted molar refractivity (Wildman–Crippen MR) is 89.7 cm³/mol. The lowest BCUT2D eigenvalue weighted by molar-refractivity contribution is 0.141. The van der Waals surface area contributed by atoms with E-state index in [9.17, 15) is 0 Å². The Balaban J connectivity index is 1.52. The highest BCUT2D eigenvalue weighted by Crippen LogP contribution is 2.21. The van der Waals surface area contributed by atoms with Crippen LogP contribution >= 0.6 is 0 Å². The van der Waals surface area contributed by atoms with E-state index in [-0.39, 0.29) is 0 Å². The molecule has 2 aromatic heterocycles. The highest BCUT2D eigenvalue weighted by Gasteiger charge is 2.21. The minimum Gasteiger partial charge on any atom is -0.300 e. The van der Waals surface area contributed by atoms with E-state index >= 15 is 0 Å². The molecule has 1 aliphatic heterocycles. The molecule has 0 saturated carbocycles. The van der Waals surface area contributed by atoms with Gasteiger partial charge >= 0.3 is 0 Å². The molecule has 3 heteroatoms. The van der Waals surface area contributed by atoms with Gasteiger partial charge in [-0.3, -0.25) is 14.9 Å². The van der Waals surface area contributed by atoms with E-state index in [4.69, 9.17) is 0 Å². The summed E-state index contributed by atoms with van der Waals surface area (Å²) in [5.41, 5.74) is 2.43. The summed E-state index contributed by atoms with van der Waals surface area (Å²) in [7, 11) is 0. The highest BCUT2D eigenvalue weighted by molar-refractivity contribution is 5.05. The smallest absolute Gasteiger partial charge is 0.0416 e. The van der Waals surface area contributed by atoms with Gasteiger partial charge in [0, 0.05) is 42.8 Å². The summed E-state index contributed by atoms with van der Waals surface area (Å²) < 4.78 is 0. The van der Waals surface area contributed by atoms with Crippen molar-refractivity contribution >= 4 is 0 Å². The molecule has 116 valence electrons. The number of nitrogens with zero attached hydrogens (tertiary/aromatic N) is 3. The molecule has 1 aliphatic rings. The fourth-order valence-electron chi connectivity index (χ4n) is 3.35.